The molecule has 0 aromatic carbocycles. The maximum Gasteiger partial charge on any atom is 2.00 e. The van der Waals surface area contributed by atoms with Gasteiger partial charge in [-0.3, -0.25) is 0 Å². The van der Waals surface area contributed by atoms with Crippen LogP contribution in [0.3, 0.4) is 0 Å². The van der Waals surface area contributed by atoms with Crippen LogP contribution < -0.4 is 0 Å². The Balaban J connectivity index is 0.000000206. The van der Waals surface area contributed by atoms with Crippen LogP contribution in [-0.4, -0.2) is 0 Å². The van der Waals surface area contributed by atoms with Gasteiger partial charge in [-0.25, -0.2) is 0 Å². The van der Waals surface area contributed by atoms with Crippen molar-refractivity contribution in [2.24, 2.45) is 0 Å². The zero-order valence-corrected chi connectivity index (χ0v) is 9.47. The second-order valence-electron chi connectivity index (χ2n) is 3.85. The van der Waals surface area contributed by atoms with Crippen molar-refractivity contribution in [2.75, 3.05) is 0 Å². The average molecular weight is 230 g/mol. The van der Waals surface area contributed by atoms with Crippen molar-refractivity contribution in [1.29, 1.82) is 0 Å². The van der Waals surface area contributed by atoms with E-state index in [9.17, 15) is 0 Å². The van der Waals surface area contributed by atoms with Gasteiger partial charge in [-0.15, -0.1) is 0 Å². The van der Waals surface area contributed by atoms with Crippen LogP contribution in [0, 0.1) is 12.8 Å². The molecular formula is C12H22Cu. The van der Waals surface area contributed by atoms with Crippen LogP contribution in [0.2, 0.25) is 0 Å². The van der Waals surface area contributed by atoms with E-state index < -0.39 is 0 Å². The number of hydrogen-bond acceptors (Lipinski definition) is 0. The first-order valence-corrected chi connectivity index (χ1v) is 5.63. The van der Waals surface area contributed by atoms with Crippen molar-refractivity contribution in [2.45, 2.75) is 64.2 Å². The maximum atomic E-state index is 2.39. The third-order valence-electron chi connectivity index (χ3n) is 2.63. The number of hydrogen-bond donors (Lipinski definition) is 0. The molecule has 0 aliphatic heterocycles. The third-order valence-corrected chi connectivity index (χ3v) is 2.63. The summed E-state index contributed by atoms with van der Waals surface area (Å²) in [6.45, 7) is 0. The van der Waals surface area contributed by atoms with Gasteiger partial charge in [0, 0.05) is 0 Å². The third kappa shape index (κ3) is 8.84. The fourth-order valence-corrected chi connectivity index (χ4v) is 1.80. The quantitative estimate of drug-likeness (QED) is 0.429. The van der Waals surface area contributed by atoms with E-state index in [2.05, 4.69) is 12.8 Å². The number of rotatable bonds is 0. The summed E-state index contributed by atoms with van der Waals surface area (Å²) in [5, 5.41) is 0. The molecular weight excluding hydrogens is 208 g/mol. The van der Waals surface area contributed by atoms with Gasteiger partial charge in [0.25, 0.3) is 0 Å². The average Bonchev–Trinajstić information content (AvgIpc) is 2.24. The summed E-state index contributed by atoms with van der Waals surface area (Å²) in [4.78, 5) is 0. The van der Waals surface area contributed by atoms with Crippen molar-refractivity contribution >= 4 is 0 Å². The van der Waals surface area contributed by atoms with Crippen molar-refractivity contribution in [3.05, 3.63) is 12.8 Å². The molecule has 0 amide bonds. The fourth-order valence-electron chi connectivity index (χ4n) is 1.80. The normalized spacial score (nSPS) is 22.2. The summed E-state index contributed by atoms with van der Waals surface area (Å²) < 4.78 is 0. The predicted molar refractivity (Wildman–Crippen MR) is 54.8 cm³/mol. The Bertz CT molecular complexity index is 48.1. The van der Waals surface area contributed by atoms with Crippen molar-refractivity contribution < 1.29 is 17.1 Å². The van der Waals surface area contributed by atoms with Crippen LogP contribution in [0.1, 0.15) is 64.2 Å². The van der Waals surface area contributed by atoms with Crippen LogP contribution in [-0.2, 0) is 17.1 Å². The molecule has 0 bridgehead atoms. The van der Waals surface area contributed by atoms with E-state index in [-0.39, 0.29) is 17.1 Å². The summed E-state index contributed by atoms with van der Waals surface area (Å²) in [5.74, 6) is 0. The van der Waals surface area contributed by atoms with E-state index in [1.54, 1.807) is 0 Å². The topological polar surface area (TPSA) is 0 Å². The molecule has 2 aliphatic carbocycles. The van der Waals surface area contributed by atoms with Crippen LogP contribution in [0.5, 0.6) is 0 Å². The summed E-state index contributed by atoms with van der Waals surface area (Å²) in [7, 11) is 0. The molecule has 0 aromatic heterocycles. The predicted octanol–water partition coefficient (Wildman–Crippen LogP) is 4.31. The van der Waals surface area contributed by atoms with Gasteiger partial charge in [-0.2, -0.15) is 25.7 Å². The summed E-state index contributed by atoms with van der Waals surface area (Å²) >= 11 is 0. The smallest absolute Gasteiger partial charge is 0.328 e. The van der Waals surface area contributed by atoms with E-state index in [1.807, 2.05) is 0 Å². The monoisotopic (exact) mass is 229 g/mol. The first kappa shape index (κ1) is 13.5. The van der Waals surface area contributed by atoms with Crippen LogP contribution >= 0.6 is 0 Å². The molecule has 0 heterocycles. The van der Waals surface area contributed by atoms with E-state index in [4.69, 9.17) is 0 Å². The van der Waals surface area contributed by atoms with Gasteiger partial charge in [-0.1, -0.05) is 38.5 Å². The summed E-state index contributed by atoms with van der Waals surface area (Å²) in [6, 6.07) is 0. The minimum Gasteiger partial charge on any atom is -0.328 e. The molecule has 2 rings (SSSR count). The minimum absolute atomic E-state index is 0. The molecule has 0 atom stereocenters. The van der Waals surface area contributed by atoms with E-state index in [0.717, 1.165) is 0 Å². The Morgan fingerprint density at radius 2 is 0.769 bits per heavy atom. The van der Waals surface area contributed by atoms with Crippen molar-refractivity contribution in [1.82, 2.24) is 0 Å². The first-order valence-electron chi connectivity index (χ1n) is 5.63. The minimum atomic E-state index is 0. The van der Waals surface area contributed by atoms with Gasteiger partial charge in [0.2, 0.25) is 0 Å². The Morgan fingerprint density at radius 1 is 0.462 bits per heavy atom. The van der Waals surface area contributed by atoms with Crippen molar-refractivity contribution in [3.8, 4) is 0 Å². The standard InChI is InChI=1S/2C6H11.Cu/c2*1-2-4-6-5-3-1;/h2*1H,2-6H2;/q2*-1;+2. The molecule has 0 saturated heterocycles. The molecule has 81 valence electrons. The second-order valence-corrected chi connectivity index (χ2v) is 3.85. The molecule has 0 aromatic rings. The van der Waals surface area contributed by atoms with Crippen LogP contribution in [0.25, 0.3) is 0 Å². The van der Waals surface area contributed by atoms with E-state index in [1.165, 1.54) is 64.2 Å². The fraction of sp³-hybridized carbons (Fsp3) is 0.833. The Labute approximate surface area is 94.3 Å². The van der Waals surface area contributed by atoms with Crippen LogP contribution in [0.15, 0.2) is 0 Å². The molecule has 1 radical (unpaired) electrons. The molecule has 2 fully saturated rings. The molecule has 0 nitrogen and oxygen atoms in total. The SMILES string of the molecule is [CH-]1CCCCC1.[CH-]1CCCCC1.[Cu+2]. The molecule has 0 unspecified atom stereocenters. The molecule has 1 heteroatoms. The first-order chi connectivity index (χ1) is 6.00. The van der Waals surface area contributed by atoms with Gasteiger partial charge in [0.05, 0.1) is 0 Å². The largest absolute Gasteiger partial charge is 2.00 e. The Morgan fingerprint density at radius 3 is 0.846 bits per heavy atom. The van der Waals surface area contributed by atoms with Gasteiger partial charge in [0.15, 0.2) is 0 Å². The van der Waals surface area contributed by atoms with Crippen LogP contribution in [0.4, 0.5) is 0 Å². The van der Waals surface area contributed by atoms with Gasteiger partial charge in [-0.05, 0) is 0 Å². The Hall–Kier alpha value is 0.519. The Kier molecular flexibility index (Phi) is 11.0. The summed E-state index contributed by atoms with van der Waals surface area (Å²) in [6.07, 6.45) is 19.0. The van der Waals surface area contributed by atoms with Gasteiger partial charge >= 0.3 is 17.1 Å². The second kappa shape index (κ2) is 10.6. The van der Waals surface area contributed by atoms with Crippen molar-refractivity contribution in [3.63, 3.8) is 0 Å². The maximum absolute atomic E-state index is 2.39. The van der Waals surface area contributed by atoms with Gasteiger partial charge in [0.1, 0.15) is 0 Å². The van der Waals surface area contributed by atoms with Gasteiger partial charge < -0.3 is 12.8 Å². The molecule has 2 aliphatic rings. The van der Waals surface area contributed by atoms with E-state index in [0.29, 0.717) is 0 Å². The van der Waals surface area contributed by atoms with E-state index >= 15 is 0 Å². The molecule has 2 saturated carbocycles. The summed E-state index contributed by atoms with van der Waals surface area (Å²) in [5.41, 5.74) is 0. The zero-order chi connectivity index (χ0) is 8.49. The molecule has 0 N–H and O–H groups in total. The molecule has 0 spiro atoms. The zero-order valence-electron chi connectivity index (χ0n) is 8.53. The molecule has 13 heavy (non-hydrogen) atoms.